The van der Waals surface area contributed by atoms with Crippen molar-refractivity contribution in [3.63, 3.8) is 0 Å². The molecule has 0 bridgehead atoms. The quantitative estimate of drug-likeness (QED) is 0.465. The molecule has 0 atom stereocenters. The van der Waals surface area contributed by atoms with E-state index in [1.54, 1.807) is 19.2 Å². The first-order valence-corrected chi connectivity index (χ1v) is 8.83. The highest BCUT2D eigenvalue weighted by Crippen LogP contribution is 2.36. The maximum absolute atomic E-state index is 11.9. The zero-order chi connectivity index (χ0) is 17.4. The van der Waals surface area contributed by atoms with Gasteiger partial charge in [-0.05, 0) is 24.3 Å². The van der Waals surface area contributed by atoms with Crippen molar-refractivity contribution in [3.8, 4) is 28.3 Å². The summed E-state index contributed by atoms with van der Waals surface area (Å²) in [5.41, 5.74) is 3.81. The number of nitrogens with zero attached hydrogens (tertiary/aromatic N) is 2. The summed E-state index contributed by atoms with van der Waals surface area (Å²) in [7, 11) is 1.64. The van der Waals surface area contributed by atoms with Gasteiger partial charge in [0, 0.05) is 21.5 Å². The van der Waals surface area contributed by atoms with Crippen LogP contribution >= 0.6 is 22.9 Å². The lowest BCUT2D eigenvalue weighted by Crippen LogP contribution is -1.95. The first-order valence-electron chi connectivity index (χ1n) is 7.57. The highest BCUT2D eigenvalue weighted by atomic mass is 35.5. The monoisotopic (exact) mass is 368 g/mol. The fourth-order valence-electron chi connectivity index (χ4n) is 2.85. The summed E-state index contributed by atoms with van der Waals surface area (Å²) in [4.78, 5) is 17.3. The number of imidazole rings is 1. The number of ether oxygens (including phenoxy) is 1. The molecule has 0 unspecified atom stereocenters. The number of hydrogen-bond acceptors (Lipinski definition) is 4. The third-order valence-corrected chi connectivity index (χ3v) is 5.09. The lowest BCUT2D eigenvalue weighted by atomic mass is 10.1. The Kier molecular flexibility index (Phi) is 4.03. The Hall–Kier alpha value is -2.63. The number of thiazole rings is 1. The zero-order valence-electron chi connectivity index (χ0n) is 13.3. The fourth-order valence-corrected chi connectivity index (χ4v) is 3.88. The number of aromatic nitrogens is 2. The molecule has 4 aromatic rings. The smallest absolute Gasteiger partial charge is 0.195 e. The van der Waals surface area contributed by atoms with Gasteiger partial charge in [0.05, 0.1) is 12.8 Å². The summed E-state index contributed by atoms with van der Waals surface area (Å²) < 4.78 is 7.34. The Morgan fingerprint density at radius 2 is 1.92 bits per heavy atom. The summed E-state index contributed by atoms with van der Waals surface area (Å²) in [6.45, 7) is 0. The van der Waals surface area contributed by atoms with Gasteiger partial charge in [-0.3, -0.25) is 9.20 Å². The minimum absolute atomic E-state index is 0.513. The molecule has 0 N–H and O–H groups in total. The van der Waals surface area contributed by atoms with Crippen molar-refractivity contribution in [2.45, 2.75) is 0 Å². The summed E-state index contributed by atoms with van der Waals surface area (Å²) in [6, 6.07) is 15.0. The molecule has 0 saturated carbocycles. The van der Waals surface area contributed by atoms with Crippen LogP contribution in [0, 0.1) is 0 Å². The average molecular weight is 369 g/mol. The van der Waals surface area contributed by atoms with Crippen molar-refractivity contribution in [1.29, 1.82) is 0 Å². The van der Waals surface area contributed by atoms with Gasteiger partial charge in [0.2, 0.25) is 0 Å². The summed E-state index contributed by atoms with van der Waals surface area (Å²) in [6.07, 6.45) is 0.843. The second-order valence-electron chi connectivity index (χ2n) is 5.41. The van der Waals surface area contributed by atoms with Gasteiger partial charge < -0.3 is 4.74 Å². The Morgan fingerprint density at radius 3 is 2.64 bits per heavy atom. The third-order valence-electron chi connectivity index (χ3n) is 4.01. The SMILES string of the molecule is COc1ccccc1-c1csc2nc(-c3ccc(Cl)cc3)c(C=O)n12. The molecule has 0 fully saturated rings. The van der Waals surface area contributed by atoms with Gasteiger partial charge in [-0.2, -0.15) is 0 Å². The lowest BCUT2D eigenvalue weighted by molar-refractivity contribution is 0.111. The van der Waals surface area contributed by atoms with Crippen molar-refractivity contribution in [3.05, 3.63) is 64.6 Å². The predicted molar refractivity (Wildman–Crippen MR) is 101 cm³/mol. The normalized spacial score (nSPS) is 11.0. The standard InChI is InChI=1S/C19H13ClN2O2S/c1-24-17-5-3-2-4-14(17)16-11-25-19-21-18(15(10-23)22(16)19)12-6-8-13(20)9-7-12/h2-11H,1H3. The van der Waals surface area contributed by atoms with E-state index in [0.717, 1.165) is 33.8 Å². The van der Waals surface area contributed by atoms with E-state index in [-0.39, 0.29) is 0 Å². The first kappa shape index (κ1) is 15.9. The van der Waals surface area contributed by atoms with Crippen molar-refractivity contribution in [1.82, 2.24) is 9.38 Å². The molecule has 0 spiro atoms. The van der Waals surface area contributed by atoms with Crippen LogP contribution in [0.5, 0.6) is 5.75 Å². The van der Waals surface area contributed by atoms with Crippen LogP contribution in [-0.2, 0) is 0 Å². The number of fused-ring (bicyclic) bond motifs is 1. The molecule has 124 valence electrons. The molecule has 2 aromatic heterocycles. The largest absolute Gasteiger partial charge is 0.496 e. The maximum Gasteiger partial charge on any atom is 0.195 e. The molecule has 0 amide bonds. The molecule has 2 aromatic carbocycles. The van der Waals surface area contributed by atoms with E-state index in [0.29, 0.717) is 16.4 Å². The number of aldehydes is 1. The van der Waals surface area contributed by atoms with E-state index in [2.05, 4.69) is 4.98 Å². The van der Waals surface area contributed by atoms with Crippen LogP contribution in [-0.4, -0.2) is 22.8 Å². The number of methoxy groups -OCH3 is 1. The molecule has 0 aliphatic rings. The van der Waals surface area contributed by atoms with Crippen LogP contribution in [0.2, 0.25) is 5.02 Å². The minimum atomic E-state index is 0.513. The highest BCUT2D eigenvalue weighted by molar-refractivity contribution is 7.15. The molecular formula is C19H13ClN2O2S. The van der Waals surface area contributed by atoms with Crippen LogP contribution in [0.4, 0.5) is 0 Å². The van der Waals surface area contributed by atoms with Gasteiger partial charge in [0.25, 0.3) is 0 Å². The van der Waals surface area contributed by atoms with E-state index in [4.69, 9.17) is 16.3 Å². The number of halogens is 1. The van der Waals surface area contributed by atoms with E-state index in [1.165, 1.54) is 11.3 Å². The second kappa shape index (κ2) is 6.35. The summed E-state index contributed by atoms with van der Waals surface area (Å²) in [5.74, 6) is 0.751. The van der Waals surface area contributed by atoms with Gasteiger partial charge in [-0.1, -0.05) is 35.9 Å². The van der Waals surface area contributed by atoms with Crippen LogP contribution in [0.3, 0.4) is 0 Å². The number of benzene rings is 2. The maximum atomic E-state index is 11.9. The molecule has 0 radical (unpaired) electrons. The zero-order valence-corrected chi connectivity index (χ0v) is 14.8. The average Bonchev–Trinajstić information content (AvgIpc) is 3.21. The number of para-hydroxylation sites is 1. The molecule has 0 saturated heterocycles. The fraction of sp³-hybridized carbons (Fsp3) is 0.0526. The summed E-state index contributed by atoms with van der Waals surface area (Å²) >= 11 is 7.45. The van der Waals surface area contributed by atoms with Gasteiger partial charge in [-0.25, -0.2) is 4.98 Å². The Balaban J connectivity index is 1.97. The Labute approximate surface area is 153 Å². The number of carbonyl (C=O) groups excluding carboxylic acids is 1. The predicted octanol–water partition coefficient (Wildman–Crippen LogP) is 5.20. The molecule has 25 heavy (non-hydrogen) atoms. The van der Waals surface area contributed by atoms with E-state index >= 15 is 0 Å². The van der Waals surface area contributed by atoms with Crippen LogP contribution in [0.15, 0.2) is 53.9 Å². The lowest BCUT2D eigenvalue weighted by Gasteiger charge is -2.08. The Morgan fingerprint density at radius 1 is 1.16 bits per heavy atom. The molecule has 0 aliphatic carbocycles. The number of carbonyl (C=O) groups is 1. The molecular weight excluding hydrogens is 356 g/mol. The van der Waals surface area contributed by atoms with E-state index in [1.807, 2.05) is 46.2 Å². The van der Waals surface area contributed by atoms with Crippen molar-refractivity contribution in [2.75, 3.05) is 7.11 Å². The second-order valence-corrected chi connectivity index (χ2v) is 6.68. The highest BCUT2D eigenvalue weighted by Gasteiger charge is 2.19. The van der Waals surface area contributed by atoms with Gasteiger partial charge in [0.1, 0.15) is 17.1 Å². The van der Waals surface area contributed by atoms with Crippen LogP contribution in [0.25, 0.3) is 27.5 Å². The topological polar surface area (TPSA) is 43.6 Å². The van der Waals surface area contributed by atoms with E-state index in [9.17, 15) is 4.79 Å². The third kappa shape index (κ3) is 2.62. The van der Waals surface area contributed by atoms with Crippen molar-refractivity contribution < 1.29 is 9.53 Å². The minimum Gasteiger partial charge on any atom is -0.496 e. The Bertz CT molecular complexity index is 1070. The molecule has 4 nitrogen and oxygen atoms in total. The van der Waals surface area contributed by atoms with Gasteiger partial charge in [-0.15, -0.1) is 11.3 Å². The number of hydrogen-bond donors (Lipinski definition) is 0. The van der Waals surface area contributed by atoms with Crippen LogP contribution < -0.4 is 4.74 Å². The van der Waals surface area contributed by atoms with Crippen molar-refractivity contribution in [2.24, 2.45) is 0 Å². The van der Waals surface area contributed by atoms with Crippen LogP contribution in [0.1, 0.15) is 10.5 Å². The number of rotatable bonds is 4. The van der Waals surface area contributed by atoms with E-state index < -0.39 is 0 Å². The van der Waals surface area contributed by atoms with Gasteiger partial charge in [0.15, 0.2) is 11.2 Å². The molecule has 2 heterocycles. The van der Waals surface area contributed by atoms with Gasteiger partial charge >= 0.3 is 0 Å². The first-order chi connectivity index (χ1) is 12.2. The molecule has 4 rings (SSSR count). The molecule has 0 aliphatic heterocycles. The molecule has 6 heteroatoms. The summed E-state index contributed by atoms with van der Waals surface area (Å²) in [5, 5.41) is 2.63. The van der Waals surface area contributed by atoms with Crippen molar-refractivity contribution >= 4 is 34.2 Å².